The Morgan fingerprint density at radius 1 is 1.30 bits per heavy atom. The number of piperidine rings is 1. The molecule has 0 spiro atoms. The molecule has 0 aliphatic carbocycles. The van der Waals surface area contributed by atoms with Crippen molar-refractivity contribution in [1.29, 1.82) is 0 Å². The molecule has 1 aromatic rings. The van der Waals surface area contributed by atoms with Crippen LogP contribution in [0.5, 0.6) is 0 Å². The van der Waals surface area contributed by atoms with Crippen LogP contribution in [0.15, 0.2) is 24.3 Å². The summed E-state index contributed by atoms with van der Waals surface area (Å²) in [5, 5.41) is 3.05. The molecule has 0 saturated carbocycles. The van der Waals surface area contributed by atoms with Gasteiger partial charge in [0.05, 0.1) is 13.0 Å². The SMILES string of the molecule is CC[C@@H](C(=O)NC1CCN(C(=O)OC)CC1)c1ccc(F)cc1. The zero-order valence-electron chi connectivity index (χ0n) is 13.5. The fraction of sp³-hybridized carbons (Fsp3) is 0.529. The fourth-order valence-corrected chi connectivity index (χ4v) is 2.90. The van der Waals surface area contributed by atoms with E-state index in [2.05, 4.69) is 5.32 Å². The van der Waals surface area contributed by atoms with Gasteiger partial charge in [0.15, 0.2) is 0 Å². The van der Waals surface area contributed by atoms with Crippen LogP contribution in [0, 0.1) is 5.82 Å². The van der Waals surface area contributed by atoms with Gasteiger partial charge in [0.25, 0.3) is 0 Å². The Balaban J connectivity index is 1.91. The van der Waals surface area contributed by atoms with Gasteiger partial charge in [-0.05, 0) is 37.0 Å². The summed E-state index contributed by atoms with van der Waals surface area (Å²) < 4.78 is 17.7. The van der Waals surface area contributed by atoms with E-state index in [-0.39, 0.29) is 29.8 Å². The number of ether oxygens (including phenoxy) is 1. The van der Waals surface area contributed by atoms with Crippen LogP contribution in [0.4, 0.5) is 9.18 Å². The lowest BCUT2D eigenvalue weighted by Gasteiger charge is -2.32. The number of hydrogen-bond acceptors (Lipinski definition) is 3. The number of carbonyl (C=O) groups is 2. The Kier molecular flexibility index (Phi) is 5.96. The van der Waals surface area contributed by atoms with Crippen LogP contribution in [0.3, 0.4) is 0 Å². The van der Waals surface area contributed by atoms with Crippen LogP contribution in [-0.2, 0) is 9.53 Å². The topological polar surface area (TPSA) is 58.6 Å². The number of methoxy groups -OCH3 is 1. The van der Waals surface area contributed by atoms with Crippen LogP contribution in [0.1, 0.15) is 37.7 Å². The van der Waals surface area contributed by atoms with Crippen molar-refractivity contribution in [2.75, 3.05) is 20.2 Å². The molecule has 1 heterocycles. The molecule has 6 heteroatoms. The second kappa shape index (κ2) is 7.94. The molecule has 126 valence electrons. The van der Waals surface area contributed by atoms with Crippen LogP contribution >= 0.6 is 0 Å². The summed E-state index contributed by atoms with van der Waals surface area (Å²) in [6.45, 7) is 3.09. The van der Waals surface area contributed by atoms with Crippen molar-refractivity contribution in [2.24, 2.45) is 0 Å². The number of carbonyl (C=O) groups excluding carboxylic acids is 2. The maximum atomic E-state index is 13.0. The lowest BCUT2D eigenvalue weighted by atomic mass is 9.94. The van der Waals surface area contributed by atoms with Crippen LogP contribution in [-0.4, -0.2) is 43.1 Å². The zero-order valence-corrected chi connectivity index (χ0v) is 13.5. The lowest BCUT2D eigenvalue weighted by Crippen LogP contribution is -2.47. The van der Waals surface area contributed by atoms with Crippen molar-refractivity contribution < 1.29 is 18.7 Å². The Morgan fingerprint density at radius 3 is 2.43 bits per heavy atom. The van der Waals surface area contributed by atoms with Crippen molar-refractivity contribution in [3.63, 3.8) is 0 Å². The number of amides is 2. The molecule has 1 aliphatic heterocycles. The van der Waals surface area contributed by atoms with Gasteiger partial charge in [0, 0.05) is 19.1 Å². The molecule has 1 aromatic carbocycles. The molecule has 1 atom stereocenters. The number of hydrogen-bond donors (Lipinski definition) is 1. The summed E-state index contributed by atoms with van der Waals surface area (Å²) >= 11 is 0. The lowest BCUT2D eigenvalue weighted by molar-refractivity contribution is -0.123. The summed E-state index contributed by atoms with van der Waals surface area (Å²) in [5.41, 5.74) is 0.818. The molecule has 1 saturated heterocycles. The van der Waals surface area contributed by atoms with Crippen LogP contribution in [0.25, 0.3) is 0 Å². The van der Waals surface area contributed by atoms with E-state index in [1.165, 1.54) is 19.2 Å². The highest BCUT2D eigenvalue weighted by Crippen LogP contribution is 2.21. The second-order valence-electron chi connectivity index (χ2n) is 5.75. The Labute approximate surface area is 135 Å². The number of nitrogens with one attached hydrogen (secondary N) is 1. The summed E-state index contributed by atoms with van der Waals surface area (Å²) in [7, 11) is 1.37. The van der Waals surface area contributed by atoms with Crippen LogP contribution in [0.2, 0.25) is 0 Å². The minimum Gasteiger partial charge on any atom is -0.453 e. The van der Waals surface area contributed by atoms with Crippen molar-refractivity contribution in [1.82, 2.24) is 10.2 Å². The van der Waals surface area contributed by atoms with E-state index in [0.29, 0.717) is 32.4 Å². The number of nitrogens with zero attached hydrogens (tertiary/aromatic N) is 1. The monoisotopic (exact) mass is 322 g/mol. The molecule has 0 bridgehead atoms. The Bertz CT molecular complexity index is 539. The highest BCUT2D eigenvalue weighted by molar-refractivity contribution is 5.83. The van der Waals surface area contributed by atoms with Crippen molar-refractivity contribution >= 4 is 12.0 Å². The van der Waals surface area contributed by atoms with Gasteiger partial charge in [0.1, 0.15) is 5.82 Å². The van der Waals surface area contributed by atoms with E-state index in [1.54, 1.807) is 17.0 Å². The quantitative estimate of drug-likeness (QED) is 0.927. The van der Waals surface area contributed by atoms with Gasteiger partial charge in [0.2, 0.25) is 5.91 Å². The van der Waals surface area contributed by atoms with E-state index < -0.39 is 0 Å². The molecule has 23 heavy (non-hydrogen) atoms. The maximum Gasteiger partial charge on any atom is 0.409 e. The molecule has 2 rings (SSSR count). The highest BCUT2D eigenvalue weighted by atomic mass is 19.1. The van der Waals surface area contributed by atoms with E-state index in [4.69, 9.17) is 4.74 Å². The molecule has 1 fully saturated rings. The first kappa shape index (κ1) is 17.2. The third-order valence-electron chi connectivity index (χ3n) is 4.27. The maximum absolute atomic E-state index is 13.0. The molecule has 1 N–H and O–H groups in total. The standard InChI is InChI=1S/C17H23FN2O3/c1-3-15(12-4-6-13(18)7-5-12)16(21)19-14-8-10-20(11-9-14)17(22)23-2/h4-7,14-15H,3,8-11H2,1-2H3,(H,19,21)/t15-/m1/s1. The number of benzene rings is 1. The third kappa shape index (κ3) is 4.43. The zero-order chi connectivity index (χ0) is 16.8. The van der Waals surface area contributed by atoms with Gasteiger partial charge in [-0.3, -0.25) is 4.79 Å². The van der Waals surface area contributed by atoms with Gasteiger partial charge in [-0.15, -0.1) is 0 Å². The minimum absolute atomic E-state index is 0.0457. The van der Waals surface area contributed by atoms with Crippen molar-refractivity contribution in [3.05, 3.63) is 35.6 Å². The van der Waals surface area contributed by atoms with Crippen molar-refractivity contribution in [3.8, 4) is 0 Å². The van der Waals surface area contributed by atoms with E-state index in [1.807, 2.05) is 6.92 Å². The molecule has 0 unspecified atom stereocenters. The van der Waals surface area contributed by atoms with Crippen LogP contribution < -0.4 is 5.32 Å². The van der Waals surface area contributed by atoms with Gasteiger partial charge in [-0.2, -0.15) is 0 Å². The molecule has 0 aromatic heterocycles. The molecule has 2 amide bonds. The molecule has 0 radical (unpaired) electrons. The summed E-state index contributed by atoms with van der Waals surface area (Å²) in [4.78, 5) is 25.6. The van der Waals surface area contributed by atoms with E-state index in [9.17, 15) is 14.0 Å². The summed E-state index contributed by atoms with van der Waals surface area (Å²) in [5.74, 6) is -0.635. The van der Waals surface area contributed by atoms with Gasteiger partial charge in [-0.1, -0.05) is 19.1 Å². The highest BCUT2D eigenvalue weighted by Gasteiger charge is 2.26. The van der Waals surface area contributed by atoms with E-state index >= 15 is 0 Å². The summed E-state index contributed by atoms with van der Waals surface area (Å²) in [6, 6.07) is 6.12. The first-order chi connectivity index (χ1) is 11.0. The van der Waals surface area contributed by atoms with Crippen molar-refractivity contribution in [2.45, 2.75) is 38.1 Å². The third-order valence-corrected chi connectivity index (χ3v) is 4.27. The molecule has 1 aliphatic rings. The average molecular weight is 322 g/mol. The number of rotatable bonds is 4. The van der Waals surface area contributed by atoms with E-state index in [0.717, 1.165) is 5.56 Å². The van der Waals surface area contributed by atoms with Gasteiger partial charge in [-0.25, -0.2) is 9.18 Å². The predicted octanol–water partition coefficient (Wildman–Crippen LogP) is 2.67. The number of likely N-dealkylation sites (tertiary alicyclic amines) is 1. The number of halogens is 1. The van der Waals surface area contributed by atoms with Gasteiger partial charge >= 0.3 is 6.09 Å². The Morgan fingerprint density at radius 2 is 1.91 bits per heavy atom. The first-order valence-electron chi connectivity index (χ1n) is 7.93. The van der Waals surface area contributed by atoms with Gasteiger partial charge < -0.3 is 15.0 Å². The smallest absolute Gasteiger partial charge is 0.409 e. The largest absolute Gasteiger partial charge is 0.453 e. The fourth-order valence-electron chi connectivity index (χ4n) is 2.90. The molecular formula is C17H23FN2O3. The predicted molar refractivity (Wildman–Crippen MR) is 84.6 cm³/mol. The molecular weight excluding hydrogens is 299 g/mol. The molecule has 5 nitrogen and oxygen atoms in total. The summed E-state index contributed by atoms with van der Waals surface area (Å²) in [6.07, 6.45) is 1.74. The average Bonchev–Trinajstić information content (AvgIpc) is 2.57. The minimum atomic E-state index is -0.326. The Hall–Kier alpha value is -2.11. The first-order valence-corrected chi connectivity index (χ1v) is 7.93. The second-order valence-corrected chi connectivity index (χ2v) is 5.75. The normalized spacial score (nSPS) is 16.7.